The summed E-state index contributed by atoms with van der Waals surface area (Å²) in [6.07, 6.45) is 1.74. The Hall–Kier alpha value is -1.27. The van der Waals surface area contributed by atoms with Crippen LogP contribution < -0.4 is 0 Å². The van der Waals surface area contributed by atoms with E-state index in [0.29, 0.717) is 12.2 Å². The van der Waals surface area contributed by atoms with E-state index in [-0.39, 0.29) is 0 Å². The van der Waals surface area contributed by atoms with Gasteiger partial charge in [0, 0.05) is 5.38 Å². The number of aliphatic hydroxyl groups is 1. The molecule has 2 heterocycles. The Labute approximate surface area is 97.8 Å². The average molecular weight is 238 g/mol. The molecule has 2 aromatic heterocycles. The molecule has 2 aromatic rings. The van der Waals surface area contributed by atoms with Crippen molar-refractivity contribution in [3.63, 3.8) is 0 Å². The minimum absolute atomic E-state index is 0.569. The SMILES string of the molecule is Cc1nc(Cn2cc(C(C)(C)O)nn2)cs1. The maximum atomic E-state index is 9.74. The summed E-state index contributed by atoms with van der Waals surface area (Å²) < 4.78 is 1.68. The summed E-state index contributed by atoms with van der Waals surface area (Å²) in [6, 6.07) is 0. The molecule has 86 valence electrons. The monoisotopic (exact) mass is 238 g/mol. The Bertz CT molecular complexity index is 483. The van der Waals surface area contributed by atoms with Crippen LogP contribution in [0.3, 0.4) is 0 Å². The first-order chi connectivity index (χ1) is 7.45. The molecule has 0 aliphatic carbocycles. The van der Waals surface area contributed by atoms with Crippen LogP contribution in [-0.2, 0) is 12.1 Å². The van der Waals surface area contributed by atoms with Crippen molar-refractivity contribution in [1.29, 1.82) is 0 Å². The van der Waals surface area contributed by atoms with Crippen LogP contribution in [0.4, 0.5) is 0 Å². The number of aryl methyl sites for hydroxylation is 1. The van der Waals surface area contributed by atoms with Crippen molar-refractivity contribution in [3.05, 3.63) is 28.0 Å². The zero-order valence-electron chi connectivity index (χ0n) is 9.51. The van der Waals surface area contributed by atoms with Gasteiger partial charge in [0.2, 0.25) is 0 Å². The van der Waals surface area contributed by atoms with Crippen LogP contribution in [-0.4, -0.2) is 25.1 Å². The molecule has 0 saturated heterocycles. The normalized spacial score (nSPS) is 12.0. The molecule has 0 fully saturated rings. The molecule has 1 N–H and O–H groups in total. The second kappa shape index (κ2) is 3.95. The van der Waals surface area contributed by atoms with E-state index in [1.54, 1.807) is 36.1 Å². The highest BCUT2D eigenvalue weighted by Gasteiger charge is 2.20. The van der Waals surface area contributed by atoms with Gasteiger partial charge >= 0.3 is 0 Å². The zero-order chi connectivity index (χ0) is 11.8. The number of thiazole rings is 1. The van der Waals surface area contributed by atoms with Crippen LogP contribution in [0.2, 0.25) is 0 Å². The third-order valence-corrected chi connectivity index (χ3v) is 2.98. The number of hydrogen-bond donors (Lipinski definition) is 1. The van der Waals surface area contributed by atoms with Crippen molar-refractivity contribution >= 4 is 11.3 Å². The highest BCUT2D eigenvalue weighted by atomic mass is 32.1. The molecule has 0 aliphatic rings. The third kappa shape index (κ3) is 2.45. The lowest BCUT2D eigenvalue weighted by Crippen LogP contribution is -2.15. The summed E-state index contributed by atoms with van der Waals surface area (Å²) in [4.78, 5) is 4.34. The fourth-order valence-corrected chi connectivity index (χ4v) is 1.91. The maximum Gasteiger partial charge on any atom is 0.114 e. The topological polar surface area (TPSA) is 63.8 Å². The number of hydrogen-bond acceptors (Lipinski definition) is 5. The Morgan fingerprint density at radius 1 is 1.50 bits per heavy atom. The second-order valence-corrected chi connectivity index (χ2v) is 5.28. The predicted octanol–water partition coefficient (Wildman–Crippen LogP) is 1.32. The van der Waals surface area contributed by atoms with Gasteiger partial charge in [-0.15, -0.1) is 16.4 Å². The lowest BCUT2D eigenvalue weighted by molar-refractivity contribution is 0.0737. The molecule has 0 saturated carbocycles. The van der Waals surface area contributed by atoms with E-state index in [2.05, 4.69) is 15.3 Å². The summed E-state index contributed by atoms with van der Waals surface area (Å²) >= 11 is 1.61. The Kier molecular flexibility index (Phi) is 2.77. The first-order valence-electron chi connectivity index (χ1n) is 4.99. The molecule has 2 rings (SSSR count). The minimum atomic E-state index is -0.948. The van der Waals surface area contributed by atoms with Gasteiger partial charge in [0.1, 0.15) is 11.3 Å². The van der Waals surface area contributed by atoms with E-state index in [1.165, 1.54) is 0 Å². The number of aromatic nitrogens is 4. The van der Waals surface area contributed by atoms with E-state index >= 15 is 0 Å². The lowest BCUT2D eigenvalue weighted by Gasteiger charge is -2.11. The molecule has 0 atom stereocenters. The van der Waals surface area contributed by atoms with Gasteiger partial charge in [0.05, 0.1) is 23.4 Å². The molecule has 0 bridgehead atoms. The zero-order valence-corrected chi connectivity index (χ0v) is 10.3. The Balaban J connectivity index is 2.14. The molecule has 6 heteroatoms. The van der Waals surface area contributed by atoms with Crippen LogP contribution in [0.25, 0.3) is 0 Å². The molecule has 0 spiro atoms. The molecule has 0 unspecified atom stereocenters. The molecule has 0 amide bonds. The highest BCUT2D eigenvalue weighted by Crippen LogP contribution is 2.16. The minimum Gasteiger partial charge on any atom is -0.384 e. The first-order valence-corrected chi connectivity index (χ1v) is 5.87. The van der Waals surface area contributed by atoms with Gasteiger partial charge in [-0.25, -0.2) is 9.67 Å². The van der Waals surface area contributed by atoms with Crippen LogP contribution >= 0.6 is 11.3 Å². The molecule has 0 aliphatic heterocycles. The van der Waals surface area contributed by atoms with E-state index in [1.807, 2.05) is 12.3 Å². The summed E-state index contributed by atoms with van der Waals surface area (Å²) in [5, 5.41) is 20.7. The number of rotatable bonds is 3. The van der Waals surface area contributed by atoms with E-state index in [4.69, 9.17) is 0 Å². The summed E-state index contributed by atoms with van der Waals surface area (Å²) in [6.45, 7) is 5.94. The third-order valence-electron chi connectivity index (χ3n) is 2.16. The smallest absolute Gasteiger partial charge is 0.114 e. The van der Waals surface area contributed by atoms with Crippen molar-refractivity contribution in [3.8, 4) is 0 Å². The molecule has 5 nitrogen and oxygen atoms in total. The van der Waals surface area contributed by atoms with Crippen molar-refractivity contribution in [2.24, 2.45) is 0 Å². The Morgan fingerprint density at radius 2 is 2.25 bits per heavy atom. The molecular formula is C10H14N4OS. The standard InChI is InChI=1S/C10H14N4OS/c1-7-11-8(6-16-7)4-14-5-9(12-13-14)10(2,3)15/h5-6,15H,4H2,1-3H3. The van der Waals surface area contributed by atoms with Crippen molar-refractivity contribution < 1.29 is 5.11 Å². The summed E-state index contributed by atoms with van der Waals surface area (Å²) in [5.41, 5.74) is 0.588. The quantitative estimate of drug-likeness (QED) is 0.876. The van der Waals surface area contributed by atoms with Crippen molar-refractivity contribution in [2.45, 2.75) is 32.9 Å². The van der Waals surface area contributed by atoms with E-state index in [9.17, 15) is 5.11 Å². The Morgan fingerprint density at radius 3 is 2.75 bits per heavy atom. The van der Waals surface area contributed by atoms with Crippen LogP contribution in [0.5, 0.6) is 0 Å². The summed E-state index contributed by atoms with van der Waals surface area (Å²) in [5.74, 6) is 0. The lowest BCUT2D eigenvalue weighted by atomic mass is 10.1. The van der Waals surface area contributed by atoms with Crippen LogP contribution in [0.15, 0.2) is 11.6 Å². The van der Waals surface area contributed by atoms with Gasteiger partial charge < -0.3 is 5.11 Å². The van der Waals surface area contributed by atoms with Gasteiger partial charge in [0.25, 0.3) is 0 Å². The highest BCUT2D eigenvalue weighted by molar-refractivity contribution is 7.09. The van der Waals surface area contributed by atoms with E-state index in [0.717, 1.165) is 10.7 Å². The van der Waals surface area contributed by atoms with Gasteiger partial charge in [-0.3, -0.25) is 0 Å². The van der Waals surface area contributed by atoms with Crippen molar-refractivity contribution in [1.82, 2.24) is 20.0 Å². The second-order valence-electron chi connectivity index (χ2n) is 4.22. The van der Waals surface area contributed by atoms with Gasteiger partial charge in [-0.2, -0.15) is 0 Å². The molecule has 0 aromatic carbocycles. The van der Waals surface area contributed by atoms with Crippen LogP contribution in [0.1, 0.15) is 30.2 Å². The molecular weight excluding hydrogens is 224 g/mol. The fraction of sp³-hybridized carbons (Fsp3) is 0.500. The first kappa shape index (κ1) is 11.2. The van der Waals surface area contributed by atoms with Gasteiger partial charge in [-0.05, 0) is 20.8 Å². The number of nitrogens with zero attached hydrogens (tertiary/aromatic N) is 4. The summed E-state index contributed by atoms with van der Waals surface area (Å²) in [7, 11) is 0. The maximum absolute atomic E-state index is 9.74. The molecule has 0 radical (unpaired) electrons. The predicted molar refractivity (Wildman–Crippen MR) is 61.2 cm³/mol. The average Bonchev–Trinajstić information content (AvgIpc) is 2.74. The van der Waals surface area contributed by atoms with Crippen LogP contribution in [0, 0.1) is 6.92 Å². The van der Waals surface area contributed by atoms with Gasteiger partial charge in [0.15, 0.2) is 0 Å². The van der Waals surface area contributed by atoms with E-state index < -0.39 is 5.60 Å². The van der Waals surface area contributed by atoms with Gasteiger partial charge in [-0.1, -0.05) is 5.21 Å². The largest absolute Gasteiger partial charge is 0.384 e. The fourth-order valence-electron chi connectivity index (χ4n) is 1.30. The van der Waals surface area contributed by atoms with Crippen molar-refractivity contribution in [2.75, 3.05) is 0 Å². The molecule has 16 heavy (non-hydrogen) atoms.